The van der Waals surface area contributed by atoms with Crippen molar-refractivity contribution in [3.63, 3.8) is 0 Å². The normalized spacial score (nSPS) is 10.8. The lowest BCUT2D eigenvalue weighted by Gasteiger charge is -2.16. The topological polar surface area (TPSA) is 67.6 Å². The van der Waals surface area contributed by atoms with Crippen molar-refractivity contribution in [2.24, 2.45) is 0 Å². The van der Waals surface area contributed by atoms with Gasteiger partial charge in [-0.1, -0.05) is 18.7 Å². The summed E-state index contributed by atoms with van der Waals surface area (Å²) in [6, 6.07) is 14.1. The van der Waals surface area contributed by atoms with Crippen LogP contribution in [-0.4, -0.2) is 45.7 Å². The molecule has 0 radical (unpaired) electrons. The van der Waals surface area contributed by atoms with Crippen LogP contribution in [0.4, 0.5) is 5.82 Å². The van der Waals surface area contributed by atoms with Gasteiger partial charge in [-0.15, -0.1) is 10.2 Å². The van der Waals surface area contributed by atoms with Crippen molar-refractivity contribution in [1.82, 2.24) is 24.5 Å². The number of hydrogen-bond donors (Lipinski definition) is 1. The van der Waals surface area contributed by atoms with Crippen LogP contribution in [0.2, 0.25) is 0 Å². The van der Waals surface area contributed by atoms with E-state index >= 15 is 0 Å². The van der Waals surface area contributed by atoms with E-state index in [0.717, 1.165) is 48.9 Å². The van der Waals surface area contributed by atoms with Gasteiger partial charge in [-0.3, -0.25) is 9.38 Å². The van der Waals surface area contributed by atoms with E-state index in [1.54, 1.807) is 13.4 Å². The third kappa shape index (κ3) is 4.20. The number of benzene rings is 1. The largest absolute Gasteiger partial charge is 0.496 e. The Balaban J connectivity index is 1.63. The molecule has 0 unspecified atom stereocenters. The van der Waals surface area contributed by atoms with Crippen molar-refractivity contribution in [1.29, 1.82) is 0 Å². The molecule has 7 nitrogen and oxygen atoms in total. The number of halogens is 1. The molecule has 0 saturated heterocycles. The second-order valence-electron chi connectivity index (χ2n) is 7.20. The van der Waals surface area contributed by atoms with Crippen molar-refractivity contribution in [3.8, 4) is 16.9 Å². The van der Waals surface area contributed by atoms with E-state index in [9.17, 15) is 0 Å². The van der Waals surface area contributed by atoms with Crippen molar-refractivity contribution >= 4 is 39.8 Å². The molecule has 0 fully saturated rings. The van der Waals surface area contributed by atoms with Gasteiger partial charge in [0.2, 0.25) is 0 Å². The van der Waals surface area contributed by atoms with E-state index in [1.807, 2.05) is 66.0 Å². The third-order valence-corrected chi connectivity index (χ3v) is 6.12. The van der Waals surface area contributed by atoms with E-state index in [2.05, 4.69) is 55.7 Å². The Morgan fingerprint density at radius 1 is 1.19 bits per heavy atom. The molecule has 1 N–H and O–H groups in total. The number of methoxy groups -OCH3 is 1. The molecule has 0 aliphatic heterocycles. The number of aromatic nitrogens is 4. The number of nitrogens with one attached hydrogen (secondary N) is 1. The fraction of sp³-hybridized carbons (Fsp3) is 0.174. The Morgan fingerprint density at radius 3 is 2.74 bits per heavy atom. The molecule has 4 rings (SSSR count). The minimum absolute atomic E-state index is 0.623. The molecule has 0 amide bonds. The van der Waals surface area contributed by atoms with Gasteiger partial charge in [0, 0.05) is 47.1 Å². The van der Waals surface area contributed by atoms with Crippen LogP contribution in [0.3, 0.4) is 0 Å². The highest BCUT2D eigenvalue weighted by atomic mass is 127. The van der Waals surface area contributed by atoms with E-state index in [4.69, 9.17) is 4.74 Å². The average Bonchev–Trinajstić information content (AvgIpc) is 3.28. The molecule has 4 aromatic rings. The van der Waals surface area contributed by atoms with Gasteiger partial charge in [0.25, 0.3) is 0 Å². The summed E-state index contributed by atoms with van der Waals surface area (Å²) < 4.78 is 8.61. The molecule has 0 bridgehead atoms. The molecule has 3 heterocycles. The zero-order valence-electron chi connectivity index (χ0n) is 17.6. The summed E-state index contributed by atoms with van der Waals surface area (Å²) in [4.78, 5) is 6.51. The SMILES string of the molecule is C=C(c1ccc(-c2ccc(NCc3c(I)cccc3OC)n3cnnc23)cn1)N(C)C. The monoisotopic (exact) mass is 526 g/mol. The predicted molar refractivity (Wildman–Crippen MR) is 132 cm³/mol. The van der Waals surface area contributed by atoms with Crippen LogP contribution < -0.4 is 10.1 Å². The van der Waals surface area contributed by atoms with E-state index < -0.39 is 0 Å². The molecule has 8 heteroatoms. The minimum atomic E-state index is 0.623. The molecule has 0 aliphatic rings. The quantitative estimate of drug-likeness (QED) is 0.357. The zero-order chi connectivity index (χ0) is 22.0. The van der Waals surface area contributed by atoms with Crippen LogP contribution in [0, 0.1) is 3.57 Å². The van der Waals surface area contributed by atoms with Crippen LogP contribution in [0.25, 0.3) is 22.5 Å². The number of nitrogens with zero attached hydrogens (tertiary/aromatic N) is 5. The average molecular weight is 526 g/mol. The summed E-state index contributed by atoms with van der Waals surface area (Å²) in [6.07, 6.45) is 3.56. The predicted octanol–water partition coefficient (Wildman–Crippen LogP) is 4.55. The van der Waals surface area contributed by atoms with Gasteiger partial charge in [-0.05, 0) is 52.9 Å². The standard InChI is InChI=1S/C23H23IN6O/c1-15(29(2)3)20-10-8-16(12-25-20)17-9-11-22(30-14-27-28-23(17)30)26-13-18-19(24)6-5-7-21(18)31-4/h5-12,14,26H,1,13H2,2-4H3. The molecular formula is C23H23IN6O. The molecule has 1 aromatic carbocycles. The third-order valence-electron chi connectivity index (χ3n) is 5.11. The summed E-state index contributed by atoms with van der Waals surface area (Å²) in [5.41, 5.74) is 5.52. The lowest BCUT2D eigenvalue weighted by Crippen LogP contribution is -2.09. The van der Waals surface area contributed by atoms with Gasteiger partial charge in [-0.25, -0.2) is 0 Å². The van der Waals surface area contributed by atoms with Crippen molar-refractivity contribution in [3.05, 3.63) is 76.4 Å². The second kappa shape index (κ2) is 8.93. The molecule has 31 heavy (non-hydrogen) atoms. The van der Waals surface area contributed by atoms with E-state index in [0.29, 0.717) is 6.54 Å². The molecule has 0 aliphatic carbocycles. The van der Waals surface area contributed by atoms with Crippen molar-refractivity contribution in [2.45, 2.75) is 6.54 Å². The maximum Gasteiger partial charge on any atom is 0.170 e. The molecule has 158 valence electrons. The van der Waals surface area contributed by atoms with Crippen LogP contribution >= 0.6 is 22.6 Å². The number of hydrogen-bond acceptors (Lipinski definition) is 6. The van der Waals surface area contributed by atoms with Gasteiger partial charge in [-0.2, -0.15) is 0 Å². The summed E-state index contributed by atoms with van der Waals surface area (Å²) in [6.45, 7) is 4.69. The van der Waals surface area contributed by atoms with Crippen molar-refractivity contribution < 1.29 is 4.74 Å². The van der Waals surface area contributed by atoms with Gasteiger partial charge in [0.05, 0.1) is 18.5 Å². The number of anilines is 1. The summed E-state index contributed by atoms with van der Waals surface area (Å²) >= 11 is 2.33. The molecule has 0 saturated carbocycles. The highest BCUT2D eigenvalue weighted by Gasteiger charge is 2.13. The van der Waals surface area contributed by atoms with Gasteiger partial charge < -0.3 is 15.0 Å². The van der Waals surface area contributed by atoms with Crippen LogP contribution in [0.15, 0.2) is 61.6 Å². The van der Waals surface area contributed by atoms with Gasteiger partial charge >= 0.3 is 0 Å². The fourth-order valence-electron chi connectivity index (χ4n) is 3.32. The zero-order valence-corrected chi connectivity index (χ0v) is 19.8. The summed E-state index contributed by atoms with van der Waals surface area (Å²) in [5.74, 6) is 1.76. The van der Waals surface area contributed by atoms with Crippen molar-refractivity contribution in [2.75, 3.05) is 26.5 Å². The Hall–Kier alpha value is -3.14. The second-order valence-corrected chi connectivity index (χ2v) is 8.37. The highest BCUT2D eigenvalue weighted by molar-refractivity contribution is 14.1. The smallest absolute Gasteiger partial charge is 0.170 e. The number of rotatable bonds is 7. The summed E-state index contributed by atoms with van der Waals surface area (Å²) in [5, 5.41) is 12.0. The van der Waals surface area contributed by atoms with Crippen LogP contribution in [-0.2, 0) is 6.54 Å². The van der Waals surface area contributed by atoms with Crippen LogP contribution in [0.5, 0.6) is 5.75 Å². The highest BCUT2D eigenvalue weighted by Crippen LogP contribution is 2.28. The maximum absolute atomic E-state index is 5.51. The first-order chi connectivity index (χ1) is 15.0. The molecule has 0 spiro atoms. The number of fused-ring (bicyclic) bond motifs is 1. The number of pyridine rings is 2. The van der Waals surface area contributed by atoms with E-state index in [1.165, 1.54) is 0 Å². The lowest BCUT2D eigenvalue weighted by atomic mass is 10.1. The van der Waals surface area contributed by atoms with Gasteiger partial charge in [0.1, 0.15) is 17.9 Å². The molecular weight excluding hydrogens is 503 g/mol. The lowest BCUT2D eigenvalue weighted by molar-refractivity contribution is 0.410. The van der Waals surface area contributed by atoms with Gasteiger partial charge in [0.15, 0.2) is 5.65 Å². The molecule has 0 atom stereocenters. The van der Waals surface area contributed by atoms with E-state index in [-0.39, 0.29) is 0 Å². The number of ether oxygens (including phenoxy) is 1. The Kier molecular flexibility index (Phi) is 6.08. The minimum Gasteiger partial charge on any atom is -0.496 e. The first kappa shape index (κ1) is 21.1. The summed E-state index contributed by atoms with van der Waals surface area (Å²) in [7, 11) is 5.60. The Morgan fingerprint density at radius 2 is 2.03 bits per heavy atom. The first-order valence-electron chi connectivity index (χ1n) is 9.70. The first-order valence-corrected chi connectivity index (χ1v) is 10.8. The maximum atomic E-state index is 5.51. The fourth-order valence-corrected chi connectivity index (χ4v) is 3.98. The molecule has 3 aromatic heterocycles. The van der Waals surface area contributed by atoms with Crippen LogP contribution in [0.1, 0.15) is 11.3 Å². The Bertz CT molecular complexity index is 1230. The Labute approximate surface area is 194 Å².